The number of rotatable bonds is 6. The zero-order chi connectivity index (χ0) is 54.1. The molecule has 2 atom stereocenters. The van der Waals surface area contributed by atoms with Gasteiger partial charge in [-0.3, -0.25) is 0 Å². The third-order valence-electron chi connectivity index (χ3n) is 18.5. The lowest BCUT2D eigenvalue weighted by Crippen LogP contribution is -2.61. The van der Waals surface area contributed by atoms with Crippen LogP contribution in [-0.2, 0) is 21.7 Å². The van der Waals surface area contributed by atoms with Crippen molar-refractivity contribution in [3.63, 3.8) is 0 Å². The molecule has 0 N–H and O–H groups in total. The normalized spacial score (nSPS) is 18.5. The Labute approximate surface area is 465 Å². The molecule has 388 valence electrons. The average Bonchev–Trinajstić information content (AvgIpc) is 2.33. The molecule has 4 aliphatic rings. The fourth-order valence-corrected chi connectivity index (χ4v) is 14.4. The van der Waals surface area contributed by atoms with Crippen LogP contribution in [-0.4, -0.2) is 12.3 Å². The molecule has 9 aromatic carbocycles. The lowest BCUT2D eigenvalue weighted by atomic mass is 9.33. The molecule has 13 rings (SSSR count). The van der Waals surface area contributed by atoms with Crippen molar-refractivity contribution in [2.75, 3.05) is 14.7 Å². The van der Waals surface area contributed by atoms with Gasteiger partial charge in [-0.05, 0) is 170 Å². The second-order valence-electron chi connectivity index (χ2n) is 26.4. The number of para-hydroxylation sites is 1. The topological polar surface area (TPSA) is 9.72 Å². The van der Waals surface area contributed by atoms with Crippen molar-refractivity contribution >= 4 is 68.6 Å². The molecule has 0 radical (unpaired) electrons. The van der Waals surface area contributed by atoms with Gasteiger partial charge in [0.25, 0.3) is 6.71 Å². The van der Waals surface area contributed by atoms with Gasteiger partial charge in [0.15, 0.2) is 0 Å². The number of hydrogen-bond donors (Lipinski definition) is 0. The van der Waals surface area contributed by atoms with Crippen molar-refractivity contribution in [2.45, 2.75) is 129 Å². The summed E-state index contributed by atoms with van der Waals surface area (Å²) in [6.45, 7) is 25.7. The van der Waals surface area contributed by atoms with Crippen molar-refractivity contribution < 1.29 is 0 Å². The molecule has 0 spiro atoms. The molecule has 0 amide bonds. The number of nitrogens with zero attached hydrogens (tertiary/aromatic N) is 3. The number of benzene rings is 9. The number of anilines is 8. The van der Waals surface area contributed by atoms with Crippen molar-refractivity contribution in [3.05, 3.63) is 234 Å². The van der Waals surface area contributed by atoms with Crippen LogP contribution < -0.4 is 31.1 Å². The van der Waals surface area contributed by atoms with Gasteiger partial charge in [-0.1, -0.05) is 215 Å². The minimum absolute atomic E-state index is 0.0108. The molecule has 4 heteroatoms. The predicted octanol–water partition coefficient (Wildman–Crippen LogP) is 18.1. The molecule has 78 heavy (non-hydrogen) atoms. The van der Waals surface area contributed by atoms with Crippen molar-refractivity contribution in [1.29, 1.82) is 0 Å². The van der Waals surface area contributed by atoms with E-state index in [1.54, 1.807) is 0 Å². The van der Waals surface area contributed by atoms with E-state index in [1.807, 2.05) is 0 Å². The van der Waals surface area contributed by atoms with Crippen molar-refractivity contribution in [1.82, 2.24) is 0 Å². The number of hydrogen-bond acceptors (Lipinski definition) is 3. The number of aryl methyl sites for hydroxylation is 1. The molecule has 2 unspecified atom stereocenters. The largest absolute Gasteiger partial charge is 0.334 e. The zero-order valence-electron chi connectivity index (χ0n) is 47.8. The van der Waals surface area contributed by atoms with Crippen molar-refractivity contribution in [2.24, 2.45) is 0 Å². The highest BCUT2D eigenvalue weighted by atomic mass is 15.3. The van der Waals surface area contributed by atoms with E-state index in [4.69, 9.17) is 0 Å². The first kappa shape index (κ1) is 50.0. The minimum atomic E-state index is -0.219. The highest BCUT2D eigenvalue weighted by Gasteiger charge is 2.61. The quantitative estimate of drug-likeness (QED) is 0.154. The molecule has 3 aliphatic heterocycles. The molecule has 3 nitrogen and oxygen atoms in total. The van der Waals surface area contributed by atoms with E-state index in [2.05, 4.69) is 291 Å². The van der Waals surface area contributed by atoms with Crippen LogP contribution in [0.4, 0.5) is 45.5 Å². The van der Waals surface area contributed by atoms with E-state index < -0.39 is 0 Å². The summed E-state index contributed by atoms with van der Waals surface area (Å²) in [6.07, 6.45) is 4.61. The van der Waals surface area contributed by atoms with E-state index in [-0.39, 0.29) is 33.9 Å². The van der Waals surface area contributed by atoms with Crippen LogP contribution in [0.3, 0.4) is 0 Å². The summed E-state index contributed by atoms with van der Waals surface area (Å²) in [5.41, 5.74) is 26.5. The van der Waals surface area contributed by atoms with Gasteiger partial charge >= 0.3 is 0 Å². The second-order valence-corrected chi connectivity index (χ2v) is 26.4. The van der Waals surface area contributed by atoms with Crippen molar-refractivity contribution in [3.8, 4) is 22.3 Å². The fraction of sp³-hybridized carbons (Fsp3) is 0.270. The van der Waals surface area contributed by atoms with E-state index in [9.17, 15) is 0 Å². The van der Waals surface area contributed by atoms with Gasteiger partial charge in [-0.25, -0.2) is 0 Å². The molecule has 0 aromatic heterocycles. The third-order valence-corrected chi connectivity index (χ3v) is 18.5. The Morgan fingerprint density at radius 2 is 0.974 bits per heavy atom. The average molecular weight is 1020 g/mol. The highest BCUT2D eigenvalue weighted by Crippen LogP contribution is 2.64. The van der Waals surface area contributed by atoms with Gasteiger partial charge in [-0.15, -0.1) is 0 Å². The zero-order valence-corrected chi connectivity index (χ0v) is 47.8. The molecule has 0 bridgehead atoms. The molecule has 0 saturated heterocycles. The molecular weight excluding hydrogens is 942 g/mol. The first-order valence-corrected chi connectivity index (χ1v) is 28.7. The van der Waals surface area contributed by atoms with Gasteiger partial charge in [0.2, 0.25) is 0 Å². The Hall–Kier alpha value is -7.56. The fourth-order valence-electron chi connectivity index (χ4n) is 14.4. The summed E-state index contributed by atoms with van der Waals surface area (Å²) < 4.78 is 0. The van der Waals surface area contributed by atoms with E-state index in [1.165, 1.54) is 130 Å². The van der Waals surface area contributed by atoms with E-state index >= 15 is 0 Å². The van der Waals surface area contributed by atoms with Gasteiger partial charge < -0.3 is 14.7 Å². The standard InChI is InChI=1S/C74H74BN3/c1-49-44-67-69-68(45-49)77(63-41-35-56(72(8,9)10)47-59(63)51-24-16-13-17-25-51)65-40-28-52(50-22-14-12-15-23-50)46-62(65)75(69)61-39-38-58(48-66(61)76(67)57-36-33-54(34-37-57)71(5,6)7)78-64-27-19-18-26-60(64)74(43-21-20-42-73(74,78)11)55-31-29-53(30-32-55)70(2,3)4/h12-19,22-41,44-48H,20-21,42-43H2,1-11H3. The van der Waals surface area contributed by atoms with Crippen LogP contribution >= 0.6 is 0 Å². The molecule has 1 saturated carbocycles. The lowest BCUT2D eigenvalue weighted by molar-refractivity contribution is 0.215. The lowest BCUT2D eigenvalue weighted by Gasteiger charge is -2.52. The smallest absolute Gasteiger partial charge is 0.252 e. The van der Waals surface area contributed by atoms with Crippen LogP contribution in [0.5, 0.6) is 0 Å². The Bertz CT molecular complexity index is 3780. The Balaban J connectivity index is 1.08. The second kappa shape index (κ2) is 18.0. The highest BCUT2D eigenvalue weighted by molar-refractivity contribution is 7.00. The Kier molecular flexibility index (Phi) is 11.5. The minimum Gasteiger partial charge on any atom is -0.334 e. The number of fused-ring (bicyclic) bond motifs is 7. The van der Waals surface area contributed by atoms with Crippen LogP contribution in [0.1, 0.15) is 128 Å². The van der Waals surface area contributed by atoms with Gasteiger partial charge in [0.1, 0.15) is 0 Å². The van der Waals surface area contributed by atoms with Crippen LogP contribution in [0.15, 0.2) is 200 Å². The predicted molar refractivity (Wildman–Crippen MR) is 335 cm³/mol. The van der Waals surface area contributed by atoms with Crippen LogP contribution in [0, 0.1) is 6.92 Å². The SMILES string of the molecule is Cc1cc2c3c(c1)N(c1ccc(C(C)(C)C)cc1-c1ccccc1)c1ccc(-c4ccccc4)cc1B3c1ccc(N3c4ccccc4C4(c5ccc(C(C)(C)C)cc5)CCCCC34C)cc1N2c1ccc(C(C)(C)C)cc1. The summed E-state index contributed by atoms with van der Waals surface area (Å²) in [6, 6.07) is 77.7. The van der Waals surface area contributed by atoms with Crippen LogP contribution in [0.2, 0.25) is 0 Å². The first-order valence-electron chi connectivity index (χ1n) is 28.7. The summed E-state index contributed by atoms with van der Waals surface area (Å²) in [4.78, 5) is 8.02. The summed E-state index contributed by atoms with van der Waals surface area (Å²) >= 11 is 0. The molecule has 1 aliphatic carbocycles. The third kappa shape index (κ3) is 7.75. The monoisotopic (exact) mass is 1020 g/mol. The van der Waals surface area contributed by atoms with E-state index in [0.29, 0.717) is 0 Å². The van der Waals surface area contributed by atoms with Gasteiger partial charge in [0.05, 0.1) is 11.2 Å². The van der Waals surface area contributed by atoms with Gasteiger partial charge in [0, 0.05) is 50.8 Å². The molecule has 3 heterocycles. The maximum absolute atomic E-state index is 2.79. The summed E-state index contributed by atoms with van der Waals surface area (Å²) in [7, 11) is 0. The maximum atomic E-state index is 2.79. The Morgan fingerprint density at radius 1 is 0.410 bits per heavy atom. The summed E-state index contributed by atoms with van der Waals surface area (Å²) in [5, 5.41) is 0. The summed E-state index contributed by atoms with van der Waals surface area (Å²) in [5.74, 6) is 0. The Morgan fingerprint density at radius 3 is 1.64 bits per heavy atom. The molecular formula is C74H74BN3. The van der Waals surface area contributed by atoms with Gasteiger partial charge in [-0.2, -0.15) is 0 Å². The first-order chi connectivity index (χ1) is 37.3. The van der Waals surface area contributed by atoms with E-state index in [0.717, 1.165) is 12.8 Å². The molecule has 1 fully saturated rings. The van der Waals surface area contributed by atoms with Crippen LogP contribution in [0.25, 0.3) is 22.3 Å². The molecule has 9 aromatic rings. The maximum Gasteiger partial charge on any atom is 0.252 e.